The maximum atomic E-state index is 12.6. The van der Waals surface area contributed by atoms with Crippen molar-refractivity contribution in [1.29, 1.82) is 0 Å². The highest BCUT2D eigenvalue weighted by Crippen LogP contribution is 2.35. The molecule has 0 radical (unpaired) electrons. The molecule has 0 spiro atoms. The van der Waals surface area contributed by atoms with E-state index < -0.39 is 0 Å². The van der Waals surface area contributed by atoms with Gasteiger partial charge in [-0.05, 0) is 52.2 Å². The molecular weight excluding hydrogens is 408 g/mol. The zero-order valence-corrected chi connectivity index (χ0v) is 18.5. The quantitative estimate of drug-likeness (QED) is 0.542. The molecule has 2 heterocycles. The Morgan fingerprint density at radius 3 is 2.75 bits per heavy atom. The van der Waals surface area contributed by atoms with Crippen LogP contribution in [0.5, 0.6) is 0 Å². The number of benzene rings is 1. The minimum absolute atomic E-state index is 0.0440. The summed E-state index contributed by atoms with van der Waals surface area (Å²) in [6, 6.07) is 9.78. The van der Waals surface area contributed by atoms with Gasteiger partial charge in [-0.25, -0.2) is 9.48 Å². The first-order valence-corrected chi connectivity index (χ1v) is 10.8. The number of anilines is 1. The number of hydrogen-bond donors (Lipinski definition) is 3. The van der Waals surface area contributed by atoms with Crippen LogP contribution in [0.15, 0.2) is 42.7 Å². The van der Waals surface area contributed by atoms with Gasteiger partial charge in [-0.15, -0.1) is 0 Å². The molecule has 32 heavy (non-hydrogen) atoms. The molecule has 1 saturated carbocycles. The second kappa shape index (κ2) is 9.25. The van der Waals surface area contributed by atoms with Crippen molar-refractivity contribution in [3.63, 3.8) is 0 Å². The molecule has 9 heteroatoms. The third-order valence-corrected chi connectivity index (χ3v) is 5.49. The van der Waals surface area contributed by atoms with Gasteiger partial charge in [-0.3, -0.25) is 9.89 Å². The van der Waals surface area contributed by atoms with Gasteiger partial charge in [0.2, 0.25) is 0 Å². The molecule has 0 saturated heterocycles. The van der Waals surface area contributed by atoms with E-state index in [2.05, 4.69) is 25.9 Å². The minimum atomic E-state index is -0.380. The second-order valence-corrected chi connectivity index (χ2v) is 8.51. The molecule has 2 amide bonds. The lowest BCUT2D eigenvalue weighted by molar-refractivity contribution is 0.0979. The van der Waals surface area contributed by atoms with Crippen molar-refractivity contribution in [2.75, 3.05) is 5.32 Å². The van der Waals surface area contributed by atoms with E-state index in [1.54, 1.807) is 10.9 Å². The first-order valence-electron chi connectivity index (χ1n) is 10.8. The summed E-state index contributed by atoms with van der Waals surface area (Å²) in [5.74, 6) is 0.378. The van der Waals surface area contributed by atoms with Gasteiger partial charge in [0.15, 0.2) is 5.82 Å². The maximum absolute atomic E-state index is 12.6. The summed E-state index contributed by atoms with van der Waals surface area (Å²) >= 11 is 0. The van der Waals surface area contributed by atoms with E-state index >= 15 is 0 Å². The number of rotatable bonds is 6. The zero-order valence-electron chi connectivity index (χ0n) is 18.5. The predicted molar refractivity (Wildman–Crippen MR) is 120 cm³/mol. The number of nitrogens with zero attached hydrogens (tertiary/aromatic N) is 3. The summed E-state index contributed by atoms with van der Waals surface area (Å²) in [4.78, 5) is 24.4. The number of amides is 2. The molecule has 1 fully saturated rings. The van der Waals surface area contributed by atoms with Crippen LogP contribution < -0.4 is 10.6 Å². The number of nitrogens with one attached hydrogen (secondary N) is 3. The summed E-state index contributed by atoms with van der Waals surface area (Å²) < 4.78 is 7.15. The first-order chi connectivity index (χ1) is 15.4. The van der Waals surface area contributed by atoms with Gasteiger partial charge in [-0.2, -0.15) is 10.2 Å². The maximum Gasteiger partial charge on any atom is 0.407 e. The summed E-state index contributed by atoms with van der Waals surface area (Å²) in [6.45, 7) is 5.81. The van der Waals surface area contributed by atoms with Crippen LogP contribution in [0.25, 0.3) is 5.69 Å². The first kappa shape index (κ1) is 21.6. The van der Waals surface area contributed by atoms with Crippen LogP contribution >= 0.6 is 0 Å². The number of aromatic nitrogens is 4. The molecule has 2 aromatic heterocycles. The van der Waals surface area contributed by atoms with Crippen molar-refractivity contribution >= 4 is 17.8 Å². The SMILES string of the molecule is Cc1ccc(-n2cc(C(=O)Nc3cc(C4CCC(OC(=O)NC(C)C)C4)[nH]n3)cn2)cc1. The Hall–Kier alpha value is -3.62. The molecule has 3 N–H and O–H groups in total. The van der Waals surface area contributed by atoms with Crippen LogP contribution in [0.1, 0.15) is 60.6 Å². The third kappa shape index (κ3) is 5.16. The third-order valence-electron chi connectivity index (χ3n) is 5.49. The van der Waals surface area contributed by atoms with Crippen LogP contribution in [-0.2, 0) is 4.74 Å². The van der Waals surface area contributed by atoms with E-state index in [-0.39, 0.29) is 30.1 Å². The van der Waals surface area contributed by atoms with Gasteiger partial charge in [0.25, 0.3) is 5.91 Å². The fourth-order valence-electron chi connectivity index (χ4n) is 3.83. The van der Waals surface area contributed by atoms with Gasteiger partial charge >= 0.3 is 6.09 Å². The highest BCUT2D eigenvalue weighted by atomic mass is 16.6. The fraction of sp³-hybridized carbons (Fsp3) is 0.391. The van der Waals surface area contributed by atoms with Crippen molar-refractivity contribution in [2.45, 2.75) is 58.1 Å². The lowest BCUT2D eigenvalue weighted by atomic mass is 10.0. The van der Waals surface area contributed by atoms with Crippen molar-refractivity contribution in [2.24, 2.45) is 0 Å². The topological polar surface area (TPSA) is 114 Å². The van der Waals surface area contributed by atoms with Crippen LogP contribution in [0.2, 0.25) is 0 Å². The van der Waals surface area contributed by atoms with Crippen LogP contribution in [-0.4, -0.2) is 44.1 Å². The standard InChI is InChI=1S/C23H28N6O3/c1-14(2)25-23(31)32-19-9-6-16(10-19)20-11-21(28-27-20)26-22(30)17-12-24-29(13-17)18-7-4-15(3)5-8-18/h4-5,7-8,11-14,16,19H,6,9-10H2,1-3H3,(H,25,31)(H2,26,27,28,30). The second-order valence-electron chi connectivity index (χ2n) is 8.51. The van der Waals surface area contributed by atoms with Gasteiger partial charge in [0.1, 0.15) is 6.10 Å². The molecule has 2 atom stereocenters. The summed E-state index contributed by atoms with van der Waals surface area (Å²) in [5.41, 5.74) is 3.41. The van der Waals surface area contributed by atoms with Crippen LogP contribution in [0.3, 0.4) is 0 Å². The largest absolute Gasteiger partial charge is 0.446 e. The van der Waals surface area contributed by atoms with E-state index in [1.807, 2.05) is 51.1 Å². The Morgan fingerprint density at radius 1 is 1.22 bits per heavy atom. The number of aromatic amines is 1. The predicted octanol–water partition coefficient (Wildman–Crippen LogP) is 3.93. The number of alkyl carbamates (subject to hydrolysis) is 1. The Kier molecular flexibility index (Phi) is 6.25. The van der Waals surface area contributed by atoms with Gasteiger partial charge in [0.05, 0.1) is 17.4 Å². The highest BCUT2D eigenvalue weighted by molar-refractivity contribution is 6.03. The Morgan fingerprint density at radius 2 is 2.00 bits per heavy atom. The monoisotopic (exact) mass is 436 g/mol. The molecule has 1 aliphatic rings. The number of hydrogen-bond acceptors (Lipinski definition) is 5. The van der Waals surface area contributed by atoms with E-state index in [0.29, 0.717) is 11.4 Å². The van der Waals surface area contributed by atoms with Crippen molar-refractivity contribution < 1.29 is 14.3 Å². The van der Waals surface area contributed by atoms with Crippen LogP contribution in [0.4, 0.5) is 10.6 Å². The Bertz CT molecular complexity index is 1090. The zero-order chi connectivity index (χ0) is 22.7. The normalized spacial score (nSPS) is 18.0. The molecule has 168 valence electrons. The fourth-order valence-corrected chi connectivity index (χ4v) is 3.83. The summed E-state index contributed by atoms with van der Waals surface area (Å²) in [5, 5.41) is 17.1. The lowest BCUT2D eigenvalue weighted by Crippen LogP contribution is -2.33. The number of carbonyl (C=O) groups excluding carboxylic acids is 2. The number of carbonyl (C=O) groups is 2. The van der Waals surface area contributed by atoms with Crippen LogP contribution in [0, 0.1) is 6.92 Å². The minimum Gasteiger partial charge on any atom is -0.446 e. The Labute approximate surface area is 186 Å². The molecule has 3 aromatic rings. The van der Waals surface area contributed by atoms with Gasteiger partial charge in [0, 0.05) is 29.9 Å². The van der Waals surface area contributed by atoms with Gasteiger partial charge in [-0.1, -0.05) is 17.7 Å². The van der Waals surface area contributed by atoms with Gasteiger partial charge < -0.3 is 15.4 Å². The molecule has 2 unspecified atom stereocenters. The number of aryl methyl sites for hydroxylation is 1. The molecule has 9 nitrogen and oxygen atoms in total. The molecule has 0 aliphatic heterocycles. The molecule has 1 aliphatic carbocycles. The van der Waals surface area contributed by atoms with E-state index in [0.717, 1.165) is 36.2 Å². The van der Waals surface area contributed by atoms with Crippen molar-refractivity contribution in [3.8, 4) is 5.69 Å². The Balaban J connectivity index is 1.33. The summed E-state index contributed by atoms with van der Waals surface area (Å²) in [6.07, 6.45) is 5.14. The molecule has 1 aromatic carbocycles. The summed E-state index contributed by atoms with van der Waals surface area (Å²) in [7, 11) is 0. The highest BCUT2D eigenvalue weighted by Gasteiger charge is 2.30. The lowest BCUT2D eigenvalue weighted by Gasteiger charge is -2.14. The van der Waals surface area contributed by atoms with E-state index in [9.17, 15) is 9.59 Å². The molecular formula is C23H28N6O3. The van der Waals surface area contributed by atoms with Crippen molar-refractivity contribution in [1.82, 2.24) is 25.3 Å². The van der Waals surface area contributed by atoms with Crippen molar-refractivity contribution in [3.05, 3.63) is 59.5 Å². The molecule has 0 bridgehead atoms. The average Bonchev–Trinajstić information content (AvgIpc) is 3.48. The molecule has 4 rings (SSSR count). The smallest absolute Gasteiger partial charge is 0.407 e. The average molecular weight is 437 g/mol. The number of H-pyrrole nitrogens is 1. The number of ether oxygens (including phenoxy) is 1. The van der Waals surface area contributed by atoms with E-state index in [4.69, 9.17) is 4.74 Å². The van der Waals surface area contributed by atoms with E-state index in [1.165, 1.54) is 6.20 Å².